The third kappa shape index (κ3) is 1.01. The van der Waals surface area contributed by atoms with E-state index in [2.05, 4.69) is 12.6 Å². The summed E-state index contributed by atoms with van der Waals surface area (Å²) < 4.78 is 4.81. The molecule has 1 aliphatic heterocycles. The molecule has 0 aromatic heterocycles. The van der Waals surface area contributed by atoms with Gasteiger partial charge in [0.1, 0.15) is 6.61 Å². The minimum atomic E-state index is -0.240. The van der Waals surface area contributed by atoms with E-state index < -0.39 is 0 Å². The van der Waals surface area contributed by atoms with Crippen molar-refractivity contribution in [2.75, 3.05) is 0 Å². The van der Waals surface area contributed by atoms with E-state index in [1.807, 2.05) is 12.1 Å². The van der Waals surface area contributed by atoms with Gasteiger partial charge in [-0.25, -0.2) is 4.79 Å². The van der Waals surface area contributed by atoms with Gasteiger partial charge in [-0.3, -0.25) is 0 Å². The number of ether oxygens (including phenoxy) is 1. The summed E-state index contributed by atoms with van der Waals surface area (Å²) in [5.74, 6) is -0.240. The Bertz CT molecular complexity index is 320. The Labute approximate surface area is 69.6 Å². The van der Waals surface area contributed by atoms with Crippen molar-refractivity contribution in [2.24, 2.45) is 0 Å². The minimum absolute atomic E-state index is 0.240. The van der Waals surface area contributed by atoms with Gasteiger partial charge in [0, 0.05) is 10.5 Å². The van der Waals surface area contributed by atoms with E-state index in [-0.39, 0.29) is 5.97 Å². The fourth-order valence-electron chi connectivity index (χ4n) is 1.10. The largest absolute Gasteiger partial charge is 0.457 e. The van der Waals surface area contributed by atoms with Crippen LogP contribution in [0.3, 0.4) is 0 Å². The highest BCUT2D eigenvalue weighted by Crippen LogP contribution is 2.21. The number of fused-ring (bicyclic) bond motifs is 1. The maximum Gasteiger partial charge on any atom is 0.338 e. The second-order valence-electron chi connectivity index (χ2n) is 2.42. The molecule has 56 valence electrons. The average molecular weight is 166 g/mol. The molecule has 0 amide bonds. The standard InChI is InChI=1S/C8H6O2S/c9-8-7-3-6(11)2-1-5(7)4-10-8/h1-3,11H,4H2. The zero-order valence-corrected chi connectivity index (χ0v) is 6.60. The summed E-state index contributed by atoms with van der Waals surface area (Å²) in [6, 6.07) is 5.44. The monoisotopic (exact) mass is 166 g/mol. The number of thiol groups is 1. The smallest absolute Gasteiger partial charge is 0.338 e. The highest BCUT2D eigenvalue weighted by atomic mass is 32.1. The van der Waals surface area contributed by atoms with E-state index in [0.717, 1.165) is 10.5 Å². The first kappa shape index (κ1) is 6.73. The predicted octanol–water partition coefficient (Wildman–Crippen LogP) is 1.65. The lowest BCUT2D eigenvalue weighted by atomic mass is 10.1. The minimum Gasteiger partial charge on any atom is -0.457 e. The fourth-order valence-corrected chi connectivity index (χ4v) is 1.31. The molecule has 0 atom stereocenters. The maximum atomic E-state index is 11.0. The van der Waals surface area contributed by atoms with Crippen molar-refractivity contribution in [1.29, 1.82) is 0 Å². The zero-order chi connectivity index (χ0) is 7.84. The van der Waals surface area contributed by atoms with E-state index in [1.165, 1.54) is 0 Å². The molecule has 2 rings (SSSR count). The van der Waals surface area contributed by atoms with Crippen LogP contribution in [0.2, 0.25) is 0 Å². The van der Waals surface area contributed by atoms with Crippen molar-refractivity contribution >= 4 is 18.6 Å². The van der Waals surface area contributed by atoms with Gasteiger partial charge in [-0.15, -0.1) is 12.6 Å². The number of carbonyl (C=O) groups is 1. The van der Waals surface area contributed by atoms with Gasteiger partial charge < -0.3 is 4.74 Å². The second kappa shape index (κ2) is 2.27. The number of hydrogen-bond donors (Lipinski definition) is 1. The van der Waals surface area contributed by atoms with Crippen molar-refractivity contribution in [2.45, 2.75) is 11.5 Å². The van der Waals surface area contributed by atoms with Gasteiger partial charge >= 0.3 is 5.97 Å². The van der Waals surface area contributed by atoms with Crippen LogP contribution in [0.15, 0.2) is 23.1 Å². The van der Waals surface area contributed by atoms with Crippen LogP contribution in [-0.2, 0) is 11.3 Å². The van der Waals surface area contributed by atoms with Gasteiger partial charge in [0.25, 0.3) is 0 Å². The Balaban J connectivity index is 2.60. The first-order valence-corrected chi connectivity index (χ1v) is 3.71. The molecular formula is C8H6O2S. The molecule has 0 aliphatic carbocycles. The lowest BCUT2D eigenvalue weighted by molar-refractivity contribution is 0.0535. The molecule has 0 N–H and O–H groups in total. The molecule has 0 radical (unpaired) electrons. The van der Waals surface area contributed by atoms with Crippen LogP contribution in [0.4, 0.5) is 0 Å². The van der Waals surface area contributed by atoms with E-state index >= 15 is 0 Å². The molecule has 11 heavy (non-hydrogen) atoms. The Morgan fingerprint density at radius 2 is 2.27 bits per heavy atom. The molecule has 0 spiro atoms. The first-order valence-electron chi connectivity index (χ1n) is 3.26. The van der Waals surface area contributed by atoms with Crippen LogP contribution < -0.4 is 0 Å². The zero-order valence-electron chi connectivity index (χ0n) is 5.70. The normalized spacial score (nSPS) is 14.5. The van der Waals surface area contributed by atoms with Crippen LogP contribution >= 0.6 is 12.6 Å². The molecule has 1 aromatic carbocycles. The summed E-state index contributed by atoms with van der Waals surface area (Å²) in [7, 11) is 0. The Hall–Kier alpha value is -0.960. The van der Waals surface area contributed by atoms with E-state index in [4.69, 9.17) is 4.74 Å². The SMILES string of the molecule is O=C1OCc2ccc(S)cc21. The van der Waals surface area contributed by atoms with Crippen LogP contribution in [0.5, 0.6) is 0 Å². The van der Waals surface area contributed by atoms with Gasteiger partial charge in [-0.2, -0.15) is 0 Å². The quantitative estimate of drug-likeness (QED) is 0.468. The summed E-state index contributed by atoms with van der Waals surface area (Å²) >= 11 is 4.12. The molecule has 1 heterocycles. The lowest BCUT2D eigenvalue weighted by Crippen LogP contribution is -1.92. The summed E-state index contributed by atoms with van der Waals surface area (Å²) in [6.45, 7) is 0.405. The van der Waals surface area contributed by atoms with Crippen LogP contribution in [0.1, 0.15) is 15.9 Å². The van der Waals surface area contributed by atoms with Gasteiger partial charge in [-0.1, -0.05) is 6.07 Å². The van der Waals surface area contributed by atoms with E-state index in [0.29, 0.717) is 12.2 Å². The molecular weight excluding hydrogens is 160 g/mol. The number of benzene rings is 1. The van der Waals surface area contributed by atoms with Gasteiger partial charge in [0.15, 0.2) is 0 Å². The number of carbonyl (C=O) groups excluding carboxylic acids is 1. The molecule has 0 saturated carbocycles. The molecule has 0 saturated heterocycles. The molecule has 0 unspecified atom stereocenters. The van der Waals surface area contributed by atoms with Gasteiger partial charge in [-0.05, 0) is 12.1 Å². The van der Waals surface area contributed by atoms with Crippen LogP contribution in [0, 0.1) is 0 Å². The highest BCUT2D eigenvalue weighted by molar-refractivity contribution is 7.80. The Morgan fingerprint density at radius 3 is 3.09 bits per heavy atom. The molecule has 0 fully saturated rings. The Kier molecular flexibility index (Phi) is 1.39. The number of rotatable bonds is 0. The molecule has 1 aromatic rings. The topological polar surface area (TPSA) is 26.3 Å². The number of cyclic esters (lactones) is 1. The predicted molar refractivity (Wildman–Crippen MR) is 42.8 cm³/mol. The van der Waals surface area contributed by atoms with Crippen molar-refractivity contribution in [3.8, 4) is 0 Å². The van der Waals surface area contributed by atoms with E-state index in [1.54, 1.807) is 6.07 Å². The lowest BCUT2D eigenvalue weighted by Gasteiger charge is -1.93. The Morgan fingerprint density at radius 1 is 1.45 bits per heavy atom. The van der Waals surface area contributed by atoms with Crippen molar-refractivity contribution < 1.29 is 9.53 Å². The van der Waals surface area contributed by atoms with Gasteiger partial charge in [0.05, 0.1) is 5.56 Å². The molecule has 1 aliphatic rings. The van der Waals surface area contributed by atoms with E-state index in [9.17, 15) is 4.79 Å². The maximum absolute atomic E-state index is 11.0. The average Bonchev–Trinajstić information content (AvgIpc) is 2.33. The third-order valence-electron chi connectivity index (χ3n) is 1.67. The summed E-state index contributed by atoms with van der Waals surface area (Å²) in [4.78, 5) is 11.8. The summed E-state index contributed by atoms with van der Waals surface area (Å²) in [5, 5.41) is 0. The second-order valence-corrected chi connectivity index (χ2v) is 2.93. The molecule has 2 nitrogen and oxygen atoms in total. The summed E-state index contributed by atoms with van der Waals surface area (Å²) in [6.07, 6.45) is 0. The number of hydrogen-bond acceptors (Lipinski definition) is 3. The molecule has 0 bridgehead atoms. The van der Waals surface area contributed by atoms with Crippen LogP contribution in [0.25, 0.3) is 0 Å². The fraction of sp³-hybridized carbons (Fsp3) is 0.125. The number of esters is 1. The van der Waals surface area contributed by atoms with Crippen molar-refractivity contribution in [3.05, 3.63) is 29.3 Å². The van der Waals surface area contributed by atoms with Crippen molar-refractivity contribution in [1.82, 2.24) is 0 Å². The first-order chi connectivity index (χ1) is 5.27. The summed E-state index contributed by atoms with van der Waals surface area (Å²) in [5.41, 5.74) is 1.60. The van der Waals surface area contributed by atoms with Gasteiger partial charge in [0.2, 0.25) is 0 Å². The molecule has 3 heteroatoms. The third-order valence-corrected chi connectivity index (χ3v) is 1.95. The van der Waals surface area contributed by atoms with Crippen LogP contribution in [-0.4, -0.2) is 5.97 Å². The van der Waals surface area contributed by atoms with Crippen molar-refractivity contribution in [3.63, 3.8) is 0 Å². The highest BCUT2D eigenvalue weighted by Gasteiger charge is 2.20.